The number of hydrogen-bond acceptors (Lipinski definition) is 3. The lowest BCUT2D eigenvalue weighted by Gasteiger charge is -2.58. The predicted octanol–water partition coefficient (Wildman–Crippen LogP) is 4.69. The van der Waals surface area contributed by atoms with Crippen LogP contribution in [0.5, 0.6) is 0 Å². The van der Waals surface area contributed by atoms with Gasteiger partial charge < -0.3 is 15.5 Å². The summed E-state index contributed by atoms with van der Waals surface area (Å²) >= 11 is 0. The molecule has 9 atom stereocenters. The van der Waals surface area contributed by atoms with E-state index in [0.29, 0.717) is 16.9 Å². The Hall–Kier alpha value is -0.870. The highest BCUT2D eigenvalue weighted by atomic mass is 16.2. The van der Waals surface area contributed by atoms with Crippen molar-refractivity contribution in [1.29, 1.82) is 0 Å². The van der Waals surface area contributed by atoms with Crippen LogP contribution in [0.25, 0.3) is 0 Å². The van der Waals surface area contributed by atoms with Crippen molar-refractivity contribution >= 4 is 5.91 Å². The van der Waals surface area contributed by atoms with Gasteiger partial charge in [0, 0.05) is 25.7 Å². The van der Waals surface area contributed by atoms with Gasteiger partial charge in [-0.1, -0.05) is 32.4 Å². The number of likely N-dealkylation sites (N-methyl/N-ethyl adjacent to an activating group) is 1. The molecule has 1 saturated heterocycles. The summed E-state index contributed by atoms with van der Waals surface area (Å²) in [6, 6.07) is 0.704. The van der Waals surface area contributed by atoms with Crippen LogP contribution in [0.15, 0.2) is 11.6 Å². The minimum absolute atomic E-state index is 0.124. The molecule has 4 heteroatoms. The van der Waals surface area contributed by atoms with E-state index in [-0.39, 0.29) is 17.9 Å². The highest BCUT2D eigenvalue weighted by Gasteiger charge is 2.64. The monoisotopic (exact) mass is 441 g/mol. The smallest absolute Gasteiger partial charge is 0.239 e. The van der Waals surface area contributed by atoms with Gasteiger partial charge in [-0.2, -0.15) is 0 Å². The van der Waals surface area contributed by atoms with Crippen molar-refractivity contribution in [1.82, 2.24) is 9.80 Å². The first kappa shape index (κ1) is 22.9. The maximum absolute atomic E-state index is 12.9. The zero-order valence-electron chi connectivity index (χ0n) is 21.4. The number of carbonyl (C=O) groups excluding carboxylic acids is 1. The summed E-state index contributed by atoms with van der Waals surface area (Å²) in [6.45, 7) is 10.5. The Morgan fingerprint density at radius 2 is 1.88 bits per heavy atom. The van der Waals surface area contributed by atoms with Gasteiger partial charge >= 0.3 is 0 Å². The molecule has 0 bridgehead atoms. The largest absolute Gasteiger partial charge is 0.341 e. The molecular formula is C28H47N3O. The topological polar surface area (TPSA) is 49.6 Å². The molecule has 5 rings (SSSR count). The van der Waals surface area contributed by atoms with Gasteiger partial charge in [0.2, 0.25) is 5.91 Å². The molecule has 1 heterocycles. The number of fused-ring (bicyclic) bond motifs is 4. The zero-order chi connectivity index (χ0) is 23.0. The first-order valence-electron chi connectivity index (χ1n) is 13.5. The van der Waals surface area contributed by atoms with Crippen molar-refractivity contribution in [3.63, 3.8) is 0 Å². The molecular weight excluding hydrogens is 394 g/mol. The Labute approximate surface area is 196 Å². The van der Waals surface area contributed by atoms with Crippen LogP contribution in [0.3, 0.4) is 0 Å². The lowest BCUT2D eigenvalue weighted by molar-refractivity contribution is -0.135. The number of rotatable bonds is 3. The molecule has 0 aromatic rings. The van der Waals surface area contributed by atoms with E-state index in [1.165, 1.54) is 45.1 Å². The van der Waals surface area contributed by atoms with Crippen LogP contribution in [0.4, 0.5) is 0 Å². The van der Waals surface area contributed by atoms with Crippen molar-refractivity contribution in [3.05, 3.63) is 11.6 Å². The molecule has 4 fully saturated rings. The Kier molecular flexibility index (Phi) is 5.61. The quantitative estimate of drug-likeness (QED) is 0.647. The molecule has 2 N–H and O–H groups in total. The Bertz CT molecular complexity index is 792. The maximum Gasteiger partial charge on any atom is 0.239 e. The van der Waals surface area contributed by atoms with Gasteiger partial charge in [0.25, 0.3) is 0 Å². The molecule has 1 aliphatic heterocycles. The summed E-state index contributed by atoms with van der Waals surface area (Å²) in [4.78, 5) is 17.6. The lowest BCUT2D eigenvalue weighted by Crippen LogP contribution is -2.54. The second-order valence-electron chi connectivity index (χ2n) is 13.0. The molecule has 4 aliphatic carbocycles. The molecule has 1 amide bonds. The number of allylic oxidation sites excluding steroid dienone is 1. The van der Waals surface area contributed by atoms with Gasteiger partial charge in [-0.05, 0) is 106 Å². The normalized spacial score (nSPS) is 46.7. The Morgan fingerprint density at radius 3 is 2.59 bits per heavy atom. The average molecular weight is 442 g/mol. The van der Waals surface area contributed by atoms with Crippen LogP contribution in [-0.4, -0.2) is 54.5 Å². The van der Waals surface area contributed by atoms with E-state index in [0.717, 1.165) is 42.6 Å². The van der Waals surface area contributed by atoms with Crippen molar-refractivity contribution in [2.75, 3.05) is 20.6 Å². The highest BCUT2D eigenvalue weighted by molar-refractivity contribution is 5.82. The van der Waals surface area contributed by atoms with Gasteiger partial charge in [0.05, 0.1) is 6.04 Å². The molecule has 32 heavy (non-hydrogen) atoms. The van der Waals surface area contributed by atoms with Crippen molar-refractivity contribution in [3.8, 4) is 0 Å². The number of carbonyl (C=O) groups is 1. The summed E-state index contributed by atoms with van der Waals surface area (Å²) in [5.74, 6) is 3.90. The first-order chi connectivity index (χ1) is 15.1. The van der Waals surface area contributed by atoms with E-state index in [1.54, 1.807) is 5.57 Å². The molecule has 0 radical (unpaired) electrons. The minimum Gasteiger partial charge on any atom is -0.341 e. The molecule has 0 aromatic carbocycles. The second kappa shape index (κ2) is 7.83. The number of nitrogens with zero attached hydrogens (tertiary/aromatic N) is 2. The summed E-state index contributed by atoms with van der Waals surface area (Å²) in [5, 5.41) is 0. The minimum atomic E-state index is -0.380. The molecule has 180 valence electrons. The summed E-state index contributed by atoms with van der Waals surface area (Å²) < 4.78 is 0. The fraction of sp³-hybridized carbons (Fsp3) is 0.893. The average Bonchev–Trinajstić information content (AvgIpc) is 3.25. The van der Waals surface area contributed by atoms with Crippen molar-refractivity contribution < 1.29 is 4.79 Å². The van der Waals surface area contributed by atoms with Gasteiger partial charge in [-0.15, -0.1) is 0 Å². The van der Waals surface area contributed by atoms with Crippen molar-refractivity contribution in [2.24, 2.45) is 46.2 Å². The van der Waals surface area contributed by atoms with Crippen LogP contribution >= 0.6 is 0 Å². The summed E-state index contributed by atoms with van der Waals surface area (Å²) in [7, 11) is 4.36. The van der Waals surface area contributed by atoms with E-state index in [4.69, 9.17) is 5.73 Å². The first-order valence-corrected chi connectivity index (χ1v) is 13.5. The third-order valence-electron chi connectivity index (χ3n) is 11.6. The van der Waals surface area contributed by atoms with Gasteiger partial charge in [0.15, 0.2) is 0 Å². The molecule has 5 aliphatic rings. The molecule has 1 unspecified atom stereocenters. The number of amides is 1. The van der Waals surface area contributed by atoms with Crippen LogP contribution in [0.1, 0.15) is 79.1 Å². The highest BCUT2D eigenvalue weighted by Crippen LogP contribution is 2.68. The number of likely N-dealkylation sites (tertiary alicyclic amines) is 1. The Balaban J connectivity index is 1.35. The van der Waals surface area contributed by atoms with Crippen LogP contribution < -0.4 is 5.73 Å². The van der Waals surface area contributed by atoms with Gasteiger partial charge in [0.1, 0.15) is 0 Å². The molecule has 4 nitrogen and oxygen atoms in total. The van der Waals surface area contributed by atoms with Crippen LogP contribution in [0, 0.1) is 40.4 Å². The fourth-order valence-electron chi connectivity index (χ4n) is 9.47. The maximum atomic E-state index is 12.9. The summed E-state index contributed by atoms with van der Waals surface area (Å²) in [6.07, 6.45) is 13.1. The molecule has 3 saturated carbocycles. The van der Waals surface area contributed by atoms with E-state index in [2.05, 4.69) is 31.9 Å². The Morgan fingerprint density at radius 1 is 1.16 bits per heavy atom. The van der Waals surface area contributed by atoms with E-state index < -0.39 is 0 Å². The van der Waals surface area contributed by atoms with E-state index in [9.17, 15) is 4.79 Å². The van der Waals surface area contributed by atoms with Crippen molar-refractivity contribution in [2.45, 2.75) is 97.2 Å². The second-order valence-corrected chi connectivity index (χ2v) is 13.0. The standard InChI is InChI=1S/C28H47N3O/c1-17(2)25(29)26(32)31(6)20-11-13-27(4)19(15-20)7-8-21-23(27)12-14-28-16-30(5)18(3)22(28)9-10-24(21)28/h7,17-18,20-25H,8-16,29H2,1-6H3/t18-,20-,21+,22+,23-,24?,25+,27-,28-/m0/s1. The number of nitrogens with two attached hydrogens (primary N) is 1. The molecule has 1 spiro atoms. The third-order valence-corrected chi connectivity index (χ3v) is 11.6. The van der Waals surface area contributed by atoms with E-state index >= 15 is 0 Å². The predicted molar refractivity (Wildman–Crippen MR) is 131 cm³/mol. The zero-order valence-corrected chi connectivity index (χ0v) is 21.4. The van der Waals surface area contributed by atoms with Crippen LogP contribution in [-0.2, 0) is 4.79 Å². The van der Waals surface area contributed by atoms with Crippen LogP contribution in [0.2, 0.25) is 0 Å². The lowest BCUT2D eigenvalue weighted by atomic mass is 9.47. The van der Waals surface area contributed by atoms with E-state index in [1.807, 2.05) is 25.8 Å². The van der Waals surface area contributed by atoms with Gasteiger partial charge in [-0.25, -0.2) is 0 Å². The molecule has 0 aromatic heterocycles. The number of hydrogen-bond donors (Lipinski definition) is 1. The fourth-order valence-corrected chi connectivity index (χ4v) is 9.47. The SMILES string of the molecule is CC(C)[C@@H](N)C(=O)N(C)[C@H]1CC[C@@]2(C)C(=CC[C@H]3C4CC[C@@H]5[C@H](C)N(C)C[C@]45CC[C@@H]32)C1. The third kappa shape index (κ3) is 3.11. The summed E-state index contributed by atoms with van der Waals surface area (Å²) in [5.41, 5.74) is 8.83. The van der Waals surface area contributed by atoms with Gasteiger partial charge in [-0.3, -0.25) is 4.79 Å².